The van der Waals surface area contributed by atoms with Crippen molar-refractivity contribution in [2.75, 3.05) is 24.5 Å². The van der Waals surface area contributed by atoms with E-state index in [0.29, 0.717) is 12.6 Å². The summed E-state index contributed by atoms with van der Waals surface area (Å²) in [6.07, 6.45) is 1.79. The van der Waals surface area contributed by atoms with Gasteiger partial charge < -0.3 is 15.3 Å². The van der Waals surface area contributed by atoms with E-state index in [4.69, 9.17) is 0 Å². The fraction of sp³-hybridized carbons (Fsp3) is 0.625. The number of aryl methyl sites for hydroxylation is 2. The van der Waals surface area contributed by atoms with Gasteiger partial charge in [-0.05, 0) is 30.9 Å². The lowest BCUT2D eigenvalue weighted by Gasteiger charge is -2.30. The summed E-state index contributed by atoms with van der Waals surface area (Å²) in [5, 5.41) is 13.4. The molecule has 1 aliphatic heterocycles. The smallest absolute Gasteiger partial charge is 0.0839 e. The summed E-state index contributed by atoms with van der Waals surface area (Å²) in [6, 6.07) is 6.98. The van der Waals surface area contributed by atoms with Gasteiger partial charge in [0.1, 0.15) is 0 Å². The van der Waals surface area contributed by atoms with Gasteiger partial charge in [0.2, 0.25) is 0 Å². The Morgan fingerprint density at radius 1 is 1.21 bits per heavy atom. The predicted octanol–water partition coefficient (Wildman–Crippen LogP) is 1.97. The lowest BCUT2D eigenvalue weighted by Crippen LogP contribution is -2.36. The molecule has 1 saturated heterocycles. The minimum absolute atomic E-state index is 0.292. The van der Waals surface area contributed by atoms with Gasteiger partial charge >= 0.3 is 0 Å². The standard InChI is InChI=1S/C16H26N2O/c1-4-13-7-6-8-14(5-2)16(13)18-10-12(3)17-9-15(19)11-18/h6-8,12,15,17,19H,4-5,9-11H2,1-3H3. The topological polar surface area (TPSA) is 35.5 Å². The van der Waals surface area contributed by atoms with Crippen LogP contribution >= 0.6 is 0 Å². The molecule has 2 atom stereocenters. The number of rotatable bonds is 3. The number of hydrogen-bond donors (Lipinski definition) is 2. The van der Waals surface area contributed by atoms with Crippen molar-refractivity contribution in [3.8, 4) is 0 Å². The number of hydrogen-bond acceptors (Lipinski definition) is 3. The van der Waals surface area contributed by atoms with Crippen molar-refractivity contribution < 1.29 is 5.11 Å². The third-order valence-electron chi connectivity index (χ3n) is 3.91. The van der Waals surface area contributed by atoms with Crippen molar-refractivity contribution in [3.63, 3.8) is 0 Å². The second-order valence-corrected chi connectivity index (χ2v) is 5.50. The van der Waals surface area contributed by atoms with Gasteiger partial charge in [-0.2, -0.15) is 0 Å². The Hall–Kier alpha value is -1.06. The zero-order chi connectivity index (χ0) is 13.8. The highest BCUT2D eigenvalue weighted by atomic mass is 16.3. The highest BCUT2D eigenvalue weighted by molar-refractivity contribution is 5.60. The van der Waals surface area contributed by atoms with E-state index in [2.05, 4.69) is 49.2 Å². The zero-order valence-corrected chi connectivity index (χ0v) is 12.3. The van der Waals surface area contributed by atoms with E-state index in [0.717, 1.165) is 25.9 Å². The Labute approximate surface area is 116 Å². The van der Waals surface area contributed by atoms with Gasteiger partial charge in [0.05, 0.1) is 6.10 Å². The third-order valence-corrected chi connectivity index (χ3v) is 3.91. The first-order valence-electron chi connectivity index (χ1n) is 7.42. The molecule has 0 aromatic heterocycles. The monoisotopic (exact) mass is 262 g/mol. The molecule has 1 aromatic rings. The van der Waals surface area contributed by atoms with Gasteiger partial charge in [0, 0.05) is 31.4 Å². The van der Waals surface area contributed by atoms with Crippen LogP contribution in [0.4, 0.5) is 5.69 Å². The van der Waals surface area contributed by atoms with E-state index in [1.807, 2.05) is 0 Å². The van der Waals surface area contributed by atoms with Crippen LogP contribution in [-0.2, 0) is 12.8 Å². The summed E-state index contributed by atoms with van der Waals surface area (Å²) in [5.41, 5.74) is 4.13. The summed E-state index contributed by atoms with van der Waals surface area (Å²) in [6.45, 7) is 8.96. The van der Waals surface area contributed by atoms with Crippen molar-refractivity contribution >= 4 is 5.69 Å². The number of benzene rings is 1. The predicted molar refractivity (Wildman–Crippen MR) is 80.9 cm³/mol. The highest BCUT2D eigenvalue weighted by Gasteiger charge is 2.22. The Bertz CT molecular complexity index is 385. The molecule has 1 fully saturated rings. The maximum Gasteiger partial charge on any atom is 0.0839 e. The molecule has 2 rings (SSSR count). The molecule has 0 amide bonds. The Balaban J connectivity index is 2.37. The summed E-state index contributed by atoms with van der Waals surface area (Å²) in [4.78, 5) is 2.37. The van der Waals surface area contributed by atoms with Gasteiger partial charge in [-0.15, -0.1) is 0 Å². The van der Waals surface area contributed by atoms with Crippen LogP contribution in [0.3, 0.4) is 0 Å². The number of para-hydroxylation sites is 1. The number of β-amino-alcohol motifs (C(OH)–C–C–N with tert-alkyl or cyclic N) is 1. The van der Waals surface area contributed by atoms with E-state index in [-0.39, 0.29) is 6.10 Å². The van der Waals surface area contributed by atoms with Gasteiger partial charge in [0.15, 0.2) is 0 Å². The molecule has 0 spiro atoms. The summed E-state index contributed by atoms with van der Waals surface area (Å²) in [7, 11) is 0. The van der Waals surface area contributed by atoms with Crippen LogP contribution in [-0.4, -0.2) is 36.9 Å². The molecular weight excluding hydrogens is 236 g/mol. The Morgan fingerprint density at radius 3 is 2.42 bits per heavy atom. The quantitative estimate of drug-likeness (QED) is 0.874. The van der Waals surface area contributed by atoms with Crippen molar-refractivity contribution in [3.05, 3.63) is 29.3 Å². The van der Waals surface area contributed by atoms with Crippen molar-refractivity contribution in [2.45, 2.75) is 45.8 Å². The van der Waals surface area contributed by atoms with Crippen LogP contribution in [0.1, 0.15) is 31.9 Å². The van der Waals surface area contributed by atoms with E-state index in [1.54, 1.807) is 0 Å². The Kier molecular flexibility index (Phi) is 4.83. The Morgan fingerprint density at radius 2 is 1.84 bits per heavy atom. The largest absolute Gasteiger partial charge is 0.390 e. The maximum atomic E-state index is 10.1. The van der Waals surface area contributed by atoms with Crippen LogP contribution in [0.5, 0.6) is 0 Å². The molecule has 3 nitrogen and oxygen atoms in total. The normalized spacial score (nSPS) is 24.3. The van der Waals surface area contributed by atoms with Gasteiger partial charge in [-0.1, -0.05) is 32.0 Å². The molecule has 106 valence electrons. The molecule has 2 N–H and O–H groups in total. The molecule has 1 aliphatic rings. The zero-order valence-electron chi connectivity index (χ0n) is 12.3. The number of nitrogens with zero attached hydrogens (tertiary/aromatic N) is 1. The number of aliphatic hydroxyl groups excluding tert-OH is 1. The van der Waals surface area contributed by atoms with Crippen LogP contribution < -0.4 is 10.2 Å². The van der Waals surface area contributed by atoms with Crippen LogP contribution in [0.2, 0.25) is 0 Å². The maximum absolute atomic E-state index is 10.1. The lowest BCUT2D eigenvalue weighted by atomic mass is 10.0. The molecule has 19 heavy (non-hydrogen) atoms. The van der Waals surface area contributed by atoms with Crippen molar-refractivity contribution in [1.82, 2.24) is 5.32 Å². The fourth-order valence-electron chi connectivity index (χ4n) is 2.93. The van der Waals surface area contributed by atoms with Crippen molar-refractivity contribution in [2.24, 2.45) is 0 Å². The van der Waals surface area contributed by atoms with Crippen LogP contribution in [0.15, 0.2) is 18.2 Å². The van der Waals surface area contributed by atoms with Gasteiger partial charge in [-0.3, -0.25) is 0 Å². The first-order chi connectivity index (χ1) is 9.15. The highest BCUT2D eigenvalue weighted by Crippen LogP contribution is 2.28. The number of aliphatic hydroxyl groups is 1. The first-order valence-corrected chi connectivity index (χ1v) is 7.42. The minimum atomic E-state index is -0.292. The number of anilines is 1. The second kappa shape index (κ2) is 6.40. The molecule has 0 radical (unpaired) electrons. The van der Waals surface area contributed by atoms with E-state index < -0.39 is 0 Å². The second-order valence-electron chi connectivity index (χ2n) is 5.50. The van der Waals surface area contributed by atoms with E-state index in [9.17, 15) is 5.11 Å². The molecule has 0 aliphatic carbocycles. The molecular formula is C16H26N2O. The SMILES string of the molecule is CCc1cccc(CC)c1N1CC(O)CNC(C)C1. The molecule has 2 unspecified atom stereocenters. The van der Waals surface area contributed by atoms with Gasteiger partial charge in [-0.25, -0.2) is 0 Å². The summed E-state index contributed by atoms with van der Waals surface area (Å²) in [5.74, 6) is 0. The number of nitrogens with one attached hydrogen (secondary N) is 1. The average Bonchev–Trinajstić information content (AvgIpc) is 2.59. The fourth-order valence-corrected chi connectivity index (χ4v) is 2.93. The summed E-state index contributed by atoms with van der Waals surface area (Å²) >= 11 is 0. The molecule has 0 saturated carbocycles. The van der Waals surface area contributed by atoms with Crippen LogP contribution in [0, 0.1) is 0 Å². The molecule has 1 heterocycles. The molecule has 1 aromatic carbocycles. The summed E-state index contributed by atoms with van der Waals surface area (Å²) < 4.78 is 0. The van der Waals surface area contributed by atoms with Gasteiger partial charge in [0.25, 0.3) is 0 Å². The first kappa shape index (κ1) is 14.4. The third kappa shape index (κ3) is 3.28. The van der Waals surface area contributed by atoms with Crippen molar-refractivity contribution in [1.29, 1.82) is 0 Å². The lowest BCUT2D eigenvalue weighted by molar-refractivity contribution is 0.183. The average molecular weight is 262 g/mol. The van der Waals surface area contributed by atoms with Crippen LogP contribution in [0.25, 0.3) is 0 Å². The van der Waals surface area contributed by atoms with E-state index in [1.165, 1.54) is 16.8 Å². The molecule has 0 bridgehead atoms. The van der Waals surface area contributed by atoms with E-state index >= 15 is 0 Å². The minimum Gasteiger partial charge on any atom is -0.390 e. The molecule has 3 heteroatoms.